The summed E-state index contributed by atoms with van der Waals surface area (Å²) >= 11 is 0. The van der Waals surface area contributed by atoms with E-state index in [9.17, 15) is 9.90 Å². The van der Waals surface area contributed by atoms with Crippen molar-refractivity contribution >= 4 is 11.8 Å². The van der Waals surface area contributed by atoms with Crippen molar-refractivity contribution in [3.8, 4) is 0 Å². The summed E-state index contributed by atoms with van der Waals surface area (Å²) in [5.74, 6) is -0.155. The highest BCUT2D eigenvalue weighted by Crippen LogP contribution is 2.21. The van der Waals surface area contributed by atoms with Crippen molar-refractivity contribution in [1.82, 2.24) is 0 Å². The minimum absolute atomic E-state index is 0.0740. The number of hydrogen-bond donors (Lipinski definition) is 2. The molecule has 5 heteroatoms. The minimum atomic E-state index is -0.871. The van der Waals surface area contributed by atoms with Crippen LogP contribution in [0.3, 0.4) is 0 Å². The molecule has 0 spiro atoms. The maximum atomic E-state index is 11.2. The summed E-state index contributed by atoms with van der Waals surface area (Å²) in [5, 5.41) is 9.18. The fourth-order valence-corrected chi connectivity index (χ4v) is 3.20. The maximum absolute atomic E-state index is 11.2. The van der Waals surface area contributed by atoms with E-state index < -0.39 is 5.97 Å². The fraction of sp³-hybridized carbons (Fsp3) is 0.700. The van der Waals surface area contributed by atoms with Crippen LogP contribution in [0.5, 0.6) is 0 Å². The lowest BCUT2D eigenvalue weighted by Gasteiger charge is -2.33. The van der Waals surface area contributed by atoms with Crippen LogP contribution in [-0.2, 0) is 4.79 Å². The van der Waals surface area contributed by atoms with Crippen molar-refractivity contribution in [2.75, 3.05) is 6.54 Å². The van der Waals surface area contributed by atoms with Crippen LogP contribution in [0.4, 0.5) is 0 Å². The van der Waals surface area contributed by atoms with Gasteiger partial charge in [0, 0.05) is 13.0 Å². The normalized spacial score (nSPS) is 21.0. The number of hydrogen-bond acceptors (Lipinski definition) is 3. The zero-order chi connectivity index (χ0) is 18.5. The Morgan fingerprint density at radius 2 is 1.80 bits per heavy atom. The quantitative estimate of drug-likeness (QED) is 0.356. The number of carboxylic acid groups (broad SMARTS) is 1. The number of allylic oxidation sites excluding steroid dienone is 1. The zero-order valence-electron chi connectivity index (χ0n) is 16.0. The van der Waals surface area contributed by atoms with E-state index in [-0.39, 0.29) is 17.2 Å². The molecule has 0 aromatic rings. The van der Waals surface area contributed by atoms with Gasteiger partial charge >= 0.3 is 5.97 Å². The molecule has 3 N–H and O–H groups in total. The van der Waals surface area contributed by atoms with E-state index >= 15 is 0 Å². The summed E-state index contributed by atoms with van der Waals surface area (Å²) in [6, 6.07) is 0. The highest BCUT2D eigenvalue weighted by atomic mass is 16.4. The molecular formula is C20H36N3O2+. The lowest BCUT2D eigenvalue weighted by molar-refractivity contribution is -0.803. The lowest BCUT2D eigenvalue weighted by atomic mass is 10.1. The van der Waals surface area contributed by atoms with Gasteiger partial charge in [0.1, 0.15) is 12.4 Å². The van der Waals surface area contributed by atoms with Crippen LogP contribution in [0.25, 0.3) is 0 Å². The summed E-state index contributed by atoms with van der Waals surface area (Å²) < 4.78 is 0.0869. The summed E-state index contributed by atoms with van der Waals surface area (Å²) in [5.41, 5.74) is 6.04. The number of unbranched alkanes of at least 4 members (excludes halogenated alkanes) is 9. The van der Waals surface area contributed by atoms with Gasteiger partial charge in [0.05, 0.1) is 6.20 Å². The number of quaternary nitrogens is 1. The molecule has 0 aromatic carbocycles. The molecule has 142 valence electrons. The second kappa shape index (κ2) is 12.0. The van der Waals surface area contributed by atoms with Gasteiger partial charge in [-0.05, 0) is 12.8 Å². The summed E-state index contributed by atoms with van der Waals surface area (Å²) in [6.45, 7) is 4.00. The van der Waals surface area contributed by atoms with E-state index in [1.165, 1.54) is 57.8 Å². The van der Waals surface area contributed by atoms with Crippen LogP contribution in [0.15, 0.2) is 29.5 Å². The number of carboxylic acids is 1. The topological polar surface area (TPSA) is 75.7 Å². The number of aliphatic imine (C=N–C) groups is 1. The van der Waals surface area contributed by atoms with Crippen molar-refractivity contribution < 1.29 is 14.4 Å². The van der Waals surface area contributed by atoms with E-state index in [1.54, 1.807) is 12.4 Å². The van der Waals surface area contributed by atoms with Gasteiger partial charge in [0.15, 0.2) is 6.54 Å². The van der Waals surface area contributed by atoms with Crippen LogP contribution in [0, 0.1) is 0 Å². The van der Waals surface area contributed by atoms with Crippen LogP contribution < -0.4 is 5.73 Å². The fourth-order valence-electron chi connectivity index (χ4n) is 3.20. The van der Waals surface area contributed by atoms with Gasteiger partial charge in [-0.25, -0.2) is 9.28 Å². The van der Waals surface area contributed by atoms with Crippen LogP contribution in [0.1, 0.15) is 78.1 Å². The van der Waals surface area contributed by atoms with Crippen LogP contribution >= 0.6 is 0 Å². The molecule has 1 aliphatic rings. The van der Waals surface area contributed by atoms with Crippen molar-refractivity contribution in [1.29, 1.82) is 0 Å². The SMILES string of the molecule is CCCCCCCCCCC/C=C/C1=NC=C[N+]1(CC(=O)O)C(C)N. The zero-order valence-corrected chi connectivity index (χ0v) is 16.0. The highest BCUT2D eigenvalue weighted by Gasteiger charge is 2.39. The smallest absolute Gasteiger partial charge is 0.360 e. The molecule has 5 nitrogen and oxygen atoms in total. The first kappa shape index (κ1) is 21.6. The Hall–Kier alpha value is -1.46. The second-order valence-corrected chi connectivity index (χ2v) is 7.03. The molecule has 0 fully saturated rings. The molecule has 0 saturated carbocycles. The maximum Gasteiger partial charge on any atom is 0.360 e. The molecule has 0 aliphatic carbocycles. The van der Waals surface area contributed by atoms with E-state index in [1.807, 2.05) is 13.0 Å². The largest absolute Gasteiger partial charge is 0.477 e. The molecule has 2 unspecified atom stereocenters. The summed E-state index contributed by atoms with van der Waals surface area (Å²) in [6.07, 6.45) is 20.0. The van der Waals surface area contributed by atoms with Crippen molar-refractivity contribution in [2.24, 2.45) is 10.7 Å². The minimum Gasteiger partial charge on any atom is -0.477 e. The molecule has 0 amide bonds. The third-order valence-corrected chi connectivity index (χ3v) is 4.83. The first-order valence-electron chi connectivity index (χ1n) is 9.80. The van der Waals surface area contributed by atoms with Gasteiger partial charge in [-0.1, -0.05) is 64.4 Å². The van der Waals surface area contributed by atoms with E-state index in [0.29, 0.717) is 5.84 Å². The number of aliphatic carboxylic acids is 1. The average molecular weight is 351 g/mol. The van der Waals surface area contributed by atoms with Crippen molar-refractivity contribution in [3.05, 3.63) is 24.6 Å². The van der Waals surface area contributed by atoms with Crippen molar-refractivity contribution in [2.45, 2.75) is 84.2 Å². The second-order valence-electron chi connectivity index (χ2n) is 7.03. The third-order valence-electron chi connectivity index (χ3n) is 4.83. The Kier molecular flexibility index (Phi) is 10.3. The molecule has 25 heavy (non-hydrogen) atoms. The first-order valence-corrected chi connectivity index (χ1v) is 9.80. The molecule has 1 rings (SSSR count). The summed E-state index contributed by atoms with van der Waals surface area (Å²) in [7, 11) is 0. The molecule has 1 heterocycles. The molecule has 1 aliphatic heterocycles. The van der Waals surface area contributed by atoms with E-state index in [2.05, 4.69) is 18.0 Å². The van der Waals surface area contributed by atoms with Gasteiger partial charge in [0.2, 0.25) is 5.84 Å². The Morgan fingerprint density at radius 1 is 1.20 bits per heavy atom. The predicted molar refractivity (Wildman–Crippen MR) is 104 cm³/mol. The number of nitrogens with zero attached hydrogens (tertiary/aromatic N) is 2. The Labute approximate surface area is 152 Å². The van der Waals surface area contributed by atoms with E-state index in [0.717, 1.165) is 6.42 Å². The average Bonchev–Trinajstić information content (AvgIpc) is 2.96. The number of amidine groups is 1. The van der Waals surface area contributed by atoms with Crippen LogP contribution in [-0.4, -0.2) is 34.1 Å². The van der Waals surface area contributed by atoms with E-state index in [4.69, 9.17) is 5.73 Å². The Morgan fingerprint density at radius 3 is 2.36 bits per heavy atom. The van der Waals surface area contributed by atoms with Gasteiger partial charge in [-0.3, -0.25) is 5.73 Å². The number of carbonyl (C=O) groups is 1. The third kappa shape index (κ3) is 7.53. The Balaban J connectivity index is 2.26. The monoisotopic (exact) mass is 350 g/mol. The van der Waals surface area contributed by atoms with Gasteiger partial charge in [-0.2, -0.15) is 4.99 Å². The number of nitrogens with two attached hydrogens (primary N) is 1. The predicted octanol–water partition coefficient (Wildman–Crippen LogP) is 4.55. The molecule has 2 atom stereocenters. The highest BCUT2D eigenvalue weighted by molar-refractivity contribution is 5.90. The molecule has 0 saturated heterocycles. The Bertz CT molecular complexity index is 483. The van der Waals surface area contributed by atoms with Gasteiger partial charge in [0.25, 0.3) is 0 Å². The van der Waals surface area contributed by atoms with Crippen LogP contribution in [0.2, 0.25) is 0 Å². The first-order chi connectivity index (χ1) is 12.0. The number of rotatable bonds is 14. The molecule has 0 aromatic heterocycles. The lowest BCUT2D eigenvalue weighted by Crippen LogP contribution is -2.58. The van der Waals surface area contributed by atoms with Gasteiger partial charge in [-0.15, -0.1) is 0 Å². The van der Waals surface area contributed by atoms with Gasteiger partial charge < -0.3 is 5.11 Å². The molecule has 0 radical (unpaired) electrons. The summed E-state index contributed by atoms with van der Waals surface area (Å²) in [4.78, 5) is 15.5. The van der Waals surface area contributed by atoms with Crippen molar-refractivity contribution in [3.63, 3.8) is 0 Å². The molecule has 0 bridgehead atoms. The standard InChI is InChI=1S/C20H35N3O2/c1-3-4-5-6-7-8-9-10-11-12-13-14-19-22-15-16-23(19,18(2)21)17-20(24)25/h13-16,18H,3-12,17,21H2,1-2H3/p+1/b14-13+. The molecular weight excluding hydrogens is 314 g/mol.